The fourth-order valence-corrected chi connectivity index (χ4v) is 1.41. The zero-order valence-electron chi connectivity index (χ0n) is 11.1. The molecule has 19 heavy (non-hydrogen) atoms. The van der Waals surface area contributed by atoms with Crippen molar-refractivity contribution in [1.82, 2.24) is 10.3 Å². The monoisotopic (exact) mass is 276 g/mol. The lowest BCUT2D eigenvalue weighted by Gasteiger charge is -2.10. The Hall–Kier alpha value is -1.30. The number of rotatable bonds is 7. The van der Waals surface area contributed by atoms with E-state index in [1.165, 1.54) is 0 Å². The molecule has 1 aromatic rings. The van der Waals surface area contributed by atoms with Crippen molar-refractivity contribution in [3.63, 3.8) is 0 Å². The first-order valence-electron chi connectivity index (χ1n) is 6.24. The van der Waals surface area contributed by atoms with Gasteiger partial charge in [-0.05, 0) is 12.5 Å². The molecule has 0 amide bonds. The molecule has 0 aliphatic rings. The van der Waals surface area contributed by atoms with Crippen molar-refractivity contribution in [2.45, 2.75) is 45.5 Å². The highest BCUT2D eigenvalue weighted by Gasteiger charge is 2.26. The van der Waals surface area contributed by atoms with Crippen molar-refractivity contribution in [3.8, 4) is 5.75 Å². The lowest BCUT2D eigenvalue weighted by molar-refractivity contribution is -0.136. The Morgan fingerprint density at radius 1 is 1.37 bits per heavy atom. The second kappa shape index (κ2) is 7.33. The van der Waals surface area contributed by atoms with Gasteiger partial charge in [0.2, 0.25) is 0 Å². The van der Waals surface area contributed by atoms with E-state index in [0.29, 0.717) is 18.3 Å². The number of hydrogen-bond acceptors (Lipinski definition) is 3. The number of pyridine rings is 1. The maximum absolute atomic E-state index is 11.9. The molecule has 0 saturated heterocycles. The van der Waals surface area contributed by atoms with Gasteiger partial charge in [-0.1, -0.05) is 13.8 Å². The first kappa shape index (κ1) is 15.8. The average Bonchev–Trinajstić information content (AvgIpc) is 2.32. The van der Waals surface area contributed by atoms with Gasteiger partial charge in [-0.25, -0.2) is 0 Å². The molecular weight excluding hydrogens is 257 g/mol. The molecule has 0 unspecified atom stereocenters. The maximum atomic E-state index is 11.9. The molecule has 0 aliphatic carbocycles. The molecule has 1 heterocycles. The van der Waals surface area contributed by atoms with Crippen LogP contribution in [0.25, 0.3) is 0 Å². The predicted molar refractivity (Wildman–Crippen MR) is 67.0 cm³/mol. The second-order valence-electron chi connectivity index (χ2n) is 4.59. The molecule has 0 aliphatic heterocycles. The summed E-state index contributed by atoms with van der Waals surface area (Å²) in [6.07, 6.45) is -3.38. The molecule has 6 heteroatoms. The van der Waals surface area contributed by atoms with Crippen molar-refractivity contribution >= 4 is 0 Å². The highest BCUT2D eigenvalue weighted by molar-refractivity contribution is 5.22. The molecule has 108 valence electrons. The van der Waals surface area contributed by atoms with Crippen LogP contribution in [0.2, 0.25) is 0 Å². The number of aromatic nitrogens is 1. The summed E-state index contributed by atoms with van der Waals surface area (Å²) < 4.78 is 41.1. The van der Waals surface area contributed by atoms with Gasteiger partial charge in [0.25, 0.3) is 0 Å². The van der Waals surface area contributed by atoms with E-state index in [4.69, 9.17) is 4.74 Å². The van der Waals surface area contributed by atoms with Crippen LogP contribution in [-0.4, -0.2) is 23.8 Å². The van der Waals surface area contributed by atoms with Crippen molar-refractivity contribution in [2.75, 3.05) is 6.61 Å². The molecule has 1 aromatic heterocycles. The smallest absolute Gasteiger partial charge is 0.389 e. The van der Waals surface area contributed by atoms with Gasteiger partial charge < -0.3 is 10.1 Å². The summed E-state index contributed by atoms with van der Waals surface area (Å²) in [5.74, 6) is 0.553. The Bertz CT molecular complexity index is 380. The number of nitrogens with zero attached hydrogens (tertiary/aromatic N) is 1. The molecule has 3 nitrogen and oxygen atoms in total. The van der Waals surface area contributed by atoms with E-state index < -0.39 is 12.6 Å². The van der Waals surface area contributed by atoms with Gasteiger partial charge in [0.15, 0.2) is 0 Å². The van der Waals surface area contributed by atoms with Crippen LogP contribution in [0.4, 0.5) is 13.2 Å². The summed E-state index contributed by atoms with van der Waals surface area (Å²) >= 11 is 0. The van der Waals surface area contributed by atoms with Crippen molar-refractivity contribution in [1.29, 1.82) is 0 Å². The molecule has 0 aromatic carbocycles. The van der Waals surface area contributed by atoms with E-state index in [0.717, 1.165) is 5.69 Å². The Morgan fingerprint density at radius 3 is 2.74 bits per heavy atom. The molecule has 0 radical (unpaired) electrons. The van der Waals surface area contributed by atoms with Crippen LogP contribution in [0, 0.1) is 0 Å². The number of halogens is 3. The van der Waals surface area contributed by atoms with E-state index in [2.05, 4.69) is 10.3 Å². The highest BCUT2D eigenvalue weighted by atomic mass is 19.4. The lowest BCUT2D eigenvalue weighted by Crippen LogP contribution is -2.22. The molecule has 0 spiro atoms. The highest BCUT2D eigenvalue weighted by Crippen LogP contribution is 2.21. The van der Waals surface area contributed by atoms with Crippen LogP contribution in [0.1, 0.15) is 32.4 Å². The van der Waals surface area contributed by atoms with E-state index in [9.17, 15) is 13.2 Å². The summed E-state index contributed by atoms with van der Waals surface area (Å²) in [4.78, 5) is 4.16. The first-order valence-corrected chi connectivity index (χ1v) is 6.24. The summed E-state index contributed by atoms with van der Waals surface area (Å²) in [5.41, 5.74) is 0.807. The van der Waals surface area contributed by atoms with Gasteiger partial charge in [-0.3, -0.25) is 4.98 Å². The third-order valence-electron chi connectivity index (χ3n) is 2.35. The minimum absolute atomic E-state index is 0.0363. The Morgan fingerprint density at radius 2 is 2.11 bits per heavy atom. The summed E-state index contributed by atoms with van der Waals surface area (Å²) in [6.45, 7) is 4.72. The van der Waals surface area contributed by atoms with E-state index in [1.54, 1.807) is 18.3 Å². The molecular formula is C13H19F3N2O. The van der Waals surface area contributed by atoms with Crippen LogP contribution in [0.5, 0.6) is 5.75 Å². The maximum Gasteiger partial charge on any atom is 0.389 e. The predicted octanol–water partition coefficient (Wildman–Crippen LogP) is 3.30. The van der Waals surface area contributed by atoms with Crippen molar-refractivity contribution in [3.05, 3.63) is 24.0 Å². The minimum Gasteiger partial charge on any atom is -0.493 e. The van der Waals surface area contributed by atoms with Crippen LogP contribution in [0.15, 0.2) is 18.3 Å². The third kappa shape index (κ3) is 7.66. The fraction of sp³-hybridized carbons (Fsp3) is 0.615. The first-order chi connectivity index (χ1) is 8.87. The minimum atomic E-state index is -4.12. The average molecular weight is 276 g/mol. The zero-order valence-corrected chi connectivity index (χ0v) is 11.1. The number of hydrogen-bond donors (Lipinski definition) is 1. The third-order valence-corrected chi connectivity index (χ3v) is 2.35. The van der Waals surface area contributed by atoms with Crippen LogP contribution in [-0.2, 0) is 6.54 Å². The molecule has 0 bridgehead atoms. The quantitative estimate of drug-likeness (QED) is 0.776. The van der Waals surface area contributed by atoms with Crippen molar-refractivity contribution in [2.24, 2.45) is 0 Å². The molecule has 1 N–H and O–H groups in total. The molecule has 0 saturated carbocycles. The topological polar surface area (TPSA) is 34.1 Å². The van der Waals surface area contributed by atoms with Gasteiger partial charge in [0.1, 0.15) is 5.75 Å². The summed E-state index contributed by atoms with van der Waals surface area (Å²) in [7, 11) is 0. The second-order valence-corrected chi connectivity index (χ2v) is 4.59. The normalized spacial score (nSPS) is 11.9. The number of nitrogens with one attached hydrogen (secondary N) is 1. The molecule has 1 rings (SSSR count). The zero-order chi connectivity index (χ0) is 14.3. The SMILES string of the molecule is CC(C)NCc1cc(OCCCC(F)(F)F)ccn1. The van der Waals surface area contributed by atoms with Crippen molar-refractivity contribution < 1.29 is 17.9 Å². The van der Waals surface area contributed by atoms with Gasteiger partial charge >= 0.3 is 6.18 Å². The van der Waals surface area contributed by atoms with Crippen LogP contribution < -0.4 is 10.1 Å². The van der Waals surface area contributed by atoms with E-state index >= 15 is 0 Å². The standard InChI is InChI=1S/C13H19F3N2O/c1-10(2)18-9-11-8-12(4-6-17-11)19-7-3-5-13(14,15)16/h4,6,8,10,18H,3,5,7,9H2,1-2H3. The number of ether oxygens (including phenoxy) is 1. The lowest BCUT2D eigenvalue weighted by atomic mass is 10.3. The molecule has 0 fully saturated rings. The Kier molecular flexibility index (Phi) is 6.08. The Balaban J connectivity index is 2.35. The van der Waals surface area contributed by atoms with E-state index in [-0.39, 0.29) is 13.0 Å². The van der Waals surface area contributed by atoms with Crippen LogP contribution in [0.3, 0.4) is 0 Å². The van der Waals surface area contributed by atoms with Gasteiger partial charge in [-0.2, -0.15) is 13.2 Å². The van der Waals surface area contributed by atoms with Gasteiger partial charge in [0, 0.05) is 31.3 Å². The van der Waals surface area contributed by atoms with Gasteiger partial charge in [-0.15, -0.1) is 0 Å². The summed E-state index contributed by atoms with van der Waals surface area (Å²) in [5, 5.41) is 3.21. The number of alkyl halides is 3. The van der Waals surface area contributed by atoms with Gasteiger partial charge in [0.05, 0.1) is 12.3 Å². The van der Waals surface area contributed by atoms with Crippen LogP contribution >= 0.6 is 0 Å². The Labute approximate surface area is 111 Å². The summed E-state index contributed by atoms with van der Waals surface area (Å²) in [6, 6.07) is 3.73. The largest absolute Gasteiger partial charge is 0.493 e. The van der Waals surface area contributed by atoms with E-state index in [1.807, 2.05) is 13.8 Å². The fourth-order valence-electron chi connectivity index (χ4n) is 1.41. The molecule has 0 atom stereocenters.